The molecule has 1 aromatic carbocycles. The molecule has 0 saturated carbocycles. The van der Waals surface area contributed by atoms with Crippen LogP contribution in [0.25, 0.3) is 0 Å². The SMILES string of the molecule is CNCc1cc(S(=O)(=O)NCC(C)(C)C)ccc1F. The minimum Gasteiger partial charge on any atom is -0.316 e. The standard InChI is InChI=1S/C13H21FN2O2S/c1-13(2,3)9-16-19(17,18)11-5-6-12(14)10(7-11)8-15-4/h5-7,15-16H,8-9H2,1-4H3. The molecule has 0 radical (unpaired) electrons. The lowest BCUT2D eigenvalue weighted by atomic mass is 9.98. The van der Waals surface area contributed by atoms with Crippen LogP contribution in [-0.2, 0) is 16.6 Å². The van der Waals surface area contributed by atoms with Crippen LogP contribution < -0.4 is 10.0 Å². The van der Waals surface area contributed by atoms with Crippen molar-refractivity contribution in [3.63, 3.8) is 0 Å². The van der Waals surface area contributed by atoms with Gasteiger partial charge in [0.2, 0.25) is 10.0 Å². The molecule has 108 valence electrons. The third-order valence-electron chi connectivity index (χ3n) is 2.49. The predicted molar refractivity (Wildman–Crippen MR) is 73.8 cm³/mol. The summed E-state index contributed by atoms with van der Waals surface area (Å²) in [5, 5.41) is 2.80. The number of rotatable bonds is 5. The zero-order valence-electron chi connectivity index (χ0n) is 11.7. The van der Waals surface area contributed by atoms with Gasteiger partial charge in [0, 0.05) is 18.7 Å². The van der Waals surface area contributed by atoms with E-state index in [9.17, 15) is 12.8 Å². The monoisotopic (exact) mass is 288 g/mol. The Morgan fingerprint density at radius 2 is 1.89 bits per heavy atom. The van der Waals surface area contributed by atoms with E-state index in [1.54, 1.807) is 7.05 Å². The summed E-state index contributed by atoms with van der Waals surface area (Å²) in [6.45, 7) is 6.42. The molecule has 0 heterocycles. The highest BCUT2D eigenvalue weighted by Gasteiger charge is 2.19. The van der Waals surface area contributed by atoms with Crippen molar-refractivity contribution >= 4 is 10.0 Å². The summed E-state index contributed by atoms with van der Waals surface area (Å²) in [7, 11) is -1.92. The minimum atomic E-state index is -3.60. The average Bonchev–Trinajstić information content (AvgIpc) is 2.29. The van der Waals surface area contributed by atoms with Crippen molar-refractivity contribution in [1.82, 2.24) is 10.0 Å². The molecule has 4 nitrogen and oxygen atoms in total. The number of benzene rings is 1. The maximum Gasteiger partial charge on any atom is 0.240 e. The van der Waals surface area contributed by atoms with Gasteiger partial charge >= 0.3 is 0 Å². The molecule has 0 aliphatic heterocycles. The normalized spacial score (nSPS) is 12.7. The van der Waals surface area contributed by atoms with Crippen molar-refractivity contribution in [2.75, 3.05) is 13.6 Å². The van der Waals surface area contributed by atoms with Crippen LogP contribution >= 0.6 is 0 Å². The quantitative estimate of drug-likeness (QED) is 0.869. The van der Waals surface area contributed by atoms with Crippen molar-refractivity contribution in [2.24, 2.45) is 5.41 Å². The Hall–Kier alpha value is -0.980. The first-order valence-corrected chi connectivity index (χ1v) is 7.57. The topological polar surface area (TPSA) is 58.2 Å². The lowest BCUT2D eigenvalue weighted by molar-refractivity contribution is 0.407. The van der Waals surface area contributed by atoms with E-state index in [1.165, 1.54) is 18.2 Å². The van der Waals surface area contributed by atoms with Gasteiger partial charge in [0.05, 0.1) is 4.90 Å². The molecule has 6 heteroatoms. The van der Waals surface area contributed by atoms with E-state index in [1.807, 2.05) is 20.8 Å². The number of hydrogen-bond donors (Lipinski definition) is 2. The second-order valence-corrected chi connectivity index (χ2v) is 7.44. The second kappa shape index (κ2) is 5.98. The molecule has 1 rings (SSSR count). The summed E-state index contributed by atoms with van der Waals surface area (Å²) in [5.74, 6) is -0.413. The van der Waals surface area contributed by atoms with E-state index in [2.05, 4.69) is 10.0 Å². The summed E-state index contributed by atoms with van der Waals surface area (Å²) in [6, 6.07) is 3.81. The fraction of sp³-hybridized carbons (Fsp3) is 0.538. The van der Waals surface area contributed by atoms with E-state index in [0.29, 0.717) is 12.1 Å². The maximum absolute atomic E-state index is 13.5. The highest BCUT2D eigenvalue weighted by molar-refractivity contribution is 7.89. The summed E-state index contributed by atoms with van der Waals surface area (Å²) in [6.07, 6.45) is 0. The van der Waals surface area contributed by atoms with Gasteiger partial charge in [0.25, 0.3) is 0 Å². The maximum atomic E-state index is 13.5. The van der Waals surface area contributed by atoms with Crippen LogP contribution in [0.15, 0.2) is 23.1 Å². The van der Waals surface area contributed by atoms with Crippen molar-refractivity contribution in [1.29, 1.82) is 0 Å². The highest BCUT2D eigenvalue weighted by atomic mass is 32.2. The van der Waals surface area contributed by atoms with Crippen molar-refractivity contribution in [2.45, 2.75) is 32.2 Å². The van der Waals surface area contributed by atoms with E-state index in [0.717, 1.165) is 0 Å². The molecular weight excluding hydrogens is 267 g/mol. The zero-order chi connectivity index (χ0) is 14.7. The third-order valence-corrected chi connectivity index (χ3v) is 3.89. The fourth-order valence-electron chi connectivity index (χ4n) is 1.44. The fourth-order valence-corrected chi connectivity index (χ4v) is 2.77. The molecule has 19 heavy (non-hydrogen) atoms. The molecule has 0 aromatic heterocycles. The molecule has 0 bridgehead atoms. The van der Waals surface area contributed by atoms with Crippen LogP contribution in [0.3, 0.4) is 0 Å². The van der Waals surface area contributed by atoms with Crippen LogP contribution in [0.4, 0.5) is 4.39 Å². The van der Waals surface area contributed by atoms with E-state index in [-0.39, 0.29) is 16.9 Å². The molecule has 0 saturated heterocycles. The molecule has 1 aromatic rings. The zero-order valence-corrected chi connectivity index (χ0v) is 12.6. The average molecular weight is 288 g/mol. The van der Waals surface area contributed by atoms with Gasteiger partial charge in [-0.1, -0.05) is 20.8 Å². The van der Waals surface area contributed by atoms with E-state index in [4.69, 9.17) is 0 Å². The Labute approximate surface area is 114 Å². The van der Waals surface area contributed by atoms with Gasteiger partial charge in [-0.15, -0.1) is 0 Å². The summed E-state index contributed by atoms with van der Waals surface area (Å²) in [5.41, 5.74) is 0.183. The first-order chi connectivity index (χ1) is 8.65. The Morgan fingerprint density at radius 3 is 2.42 bits per heavy atom. The molecule has 0 amide bonds. The van der Waals surface area contributed by atoms with Gasteiger partial charge in [-0.25, -0.2) is 17.5 Å². The molecule has 0 unspecified atom stereocenters. The first-order valence-electron chi connectivity index (χ1n) is 6.08. The third kappa shape index (κ3) is 4.89. The number of sulfonamides is 1. The molecule has 2 N–H and O–H groups in total. The lowest BCUT2D eigenvalue weighted by Crippen LogP contribution is -2.32. The van der Waals surface area contributed by atoms with Gasteiger partial charge in [-0.2, -0.15) is 0 Å². The van der Waals surface area contributed by atoms with E-state index >= 15 is 0 Å². The van der Waals surface area contributed by atoms with Crippen LogP contribution in [0.2, 0.25) is 0 Å². The number of hydrogen-bond acceptors (Lipinski definition) is 3. The van der Waals surface area contributed by atoms with Gasteiger partial charge < -0.3 is 5.32 Å². The second-order valence-electron chi connectivity index (χ2n) is 5.67. The minimum absolute atomic E-state index is 0.0865. The van der Waals surface area contributed by atoms with Crippen LogP contribution in [0.1, 0.15) is 26.3 Å². The lowest BCUT2D eigenvalue weighted by Gasteiger charge is -2.19. The molecular formula is C13H21FN2O2S. The van der Waals surface area contributed by atoms with Gasteiger partial charge in [-0.3, -0.25) is 0 Å². The van der Waals surface area contributed by atoms with E-state index < -0.39 is 15.8 Å². The Morgan fingerprint density at radius 1 is 1.26 bits per heavy atom. The van der Waals surface area contributed by atoms with Gasteiger partial charge in [-0.05, 0) is 30.7 Å². The Bertz CT molecular complexity index is 536. The number of halogens is 1. The summed E-state index contributed by atoms with van der Waals surface area (Å²) < 4.78 is 40.2. The molecule has 0 spiro atoms. The summed E-state index contributed by atoms with van der Waals surface area (Å²) >= 11 is 0. The predicted octanol–water partition coefficient (Wildman–Crippen LogP) is 1.87. The molecule has 0 aliphatic rings. The largest absolute Gasteiger partial charge is 0.316 e. The van der Waals surface area contributed by atoms with Crippen molar-refractivity contribution < 1.29 is 12.8 Å². The molecule has 0 atom stereocenters. The van der Waals surface area contributed by atoms with Crippen LogP contribution in [0, 0.1) is 11.2 Å². The van der Waals surface area contributed by atoms with Crippen molar-refractivity contribution in [3.05, 3.63) is 29.6 Å². The van der Waals surface area contributed by atoms with Gasteiger partial charge in [0.1, 0.15) is 5.82 Å². The van der Waals surface area contributed by atoms with Crippen LogP contribution in [-0.4, -0.2) is 22.0 Å². The van der Waals surface area contributed by atoms with Crippen LogP contribution in [0.5, 0.6) is 0 Å². The first kappa shape index (κ1) is 16.1. The Kier molecular flexibility index (Phi) is 5.06. The summed E-state index contributed by atoms with van der Waals surface area (Å²) in [4.78, 5) is 0.0865. The highest BCUT2D eigenvalue weighted by Crippen LogP contribution is 2.17. The van der Waals surface area contributed by atoms with Crippen molar-refractivity contribution in [3.8, 4) is 0 Å². The smallest absolute Gasteiger partial charge is 0.240 e. The molecule has 0 fully saturated rings. The Balaban J connectivity index is 2.98. The number of nitrogens with one attached hydrogen (secondary N) is 2. The molecule has 0 aliphatic carbocycles. The van der Waals surface area contributed by atoms with Gasteiger partial charge in [0.15, 0.2) is 0 Å².